The van der Waals surface area contributed by atoms with Gasteiger partial charge in [0.25, 0.3) is 15.9 Å². The number of nitrogens with one attached hydrogen (secondary N) is 1. The number of hydrogen-bond donors (Lipinski definition) is 1. The van der Waals surface area contributed by atoms with Crippen LogP contribution in [0.15, 0.2) is 65.0 Å². The van der Waals surface area contributed by atoms with E-state index in [4.69, 9.17) is 4.74 Å². The highest BCUT2D eigenvalue weighted by atomic mass is 32.2. The van der Waals surface area contributed by atoms with Gasteiger partial charge in [0.2, 0.25) is 0 Å². The molecular formula is C20H16F3N3O5S2. The Morgan fingerprint density at radius 1 is 1.12 bits per heavy atom. The lowest BCUT2D eigenvalue weighted by Gasteiger charge is -2.18. The minimum Gasteiger partial charge on any atom is -0.480 e. The standard InChI is InChI=1S/C20H16F3N3O5S2/c21-20(22,23)31-15-3-1-2-14(12-15)30-17-8-10-26(18(17)27)13-4-6-16(7-5-13)33(28,29)25-19-24-9-11-32-19/h1-7,9,11-12,17H,8,10H2,(H,24,25). The molecule has 0 bridgehead atoms. The summed E-state index contributed by atoms with van der Waals surface area (Å²) >= 11 is 1.14. The van der Waals surface area contributed by atoms with Gasteiger partial charge in [0.1, 0.15) is 11.5 Å². The molecule has 1 fully saturated rings. The maximum atomic E-state index is 12.8. The fraction of sp³-hybridized carbons (Fsp3) is 0.200. The molecule has 0 spiro atoms. The van der Waals surface area contributed by atoms with Crippen LogP contribution in [-0.2, 0) is 14.8 Å². The van der Waals surface area contributed by atoms with E-state index < -0.39 is 34.1 Å². The lowest BCUT2D eigenvalue weighted by molar-refractivity contribution is -0.274. The lowest BCUT2D eigenvalue weighted by atomic mass is 10.3. The molecule has 174 valence electrons. The number of ether oxygens (including phenoxy) is 2. The van der Waals surface area contributed by atoms with Gasteiger partial charge in [-0.05, 0) is 36.4 Å². The first kappa shape index (κ1) is 22.9. The van der Waals surface area contributed by atoms with Crippen molar-refractivity contribution >= 4 is 38.1 Å². The number of halogens is 3. The van der Waals surface area contributed by atoms with Gasteiger partial charge in [-0.1, -0.05) is 6.07 Å². The van der Waals surface area contributed by atoms with E-state index in [1.165, 1.54) is 47.5 Å². The third-order valence-corrected chi connectivity index (χ3v) is 6.76. The van der Waals surface area contributed by atoms with Crippen LogP contribution in [0.1, 0.15) is 6.42 Å². The van der Waals surface area contributed by atoms with Gasteiger partial charge in [0.05, 0.1) is 4.90 Å². The van der Waals surface area contributed by atoms with Crippen LogP contribution in [0.2, 0.25) is 0 Å². The van der Waals surface area contributed by atoms with Crippen molar-refractivity contribution in [3.63, 3.8) is 0 Å². The van der Waals surface area contributed by atoms with Gasteiger partial charge < -0.3 is 14.4 Å². The molecule has 1 unspecified atom stereocenters. The van der Waals surface area contributed by atoms with Gasteiger partial charge in [-0.3, -0.25) is 9.52 Å². The number of carbonyl (C=O) groups excluding carboxylic acids is 1. The van der Waals surface area contributed by atoms with Gasteiger partial charge in [-0.25, -0.2) is 13.4 Å². The molecule has 1 aromatic heterocycles. The molecule has 1 N–H and O–H groups in total. The maximum Gasteiger partial charge on any atom is 0.573 e. The molecule has 0 saturated carbocycles. The van der Waals surface area contributed by atoms with Crippen molar-refractivity contribution in [2.45, 2.75) is 23.8 Å². The number of thiazole rings is 1. The van der Waals surface area contributed by atoms with Gasteiger partial charge in [-0.15, -0.1) is 24.5 Å². The Hall–Kier alpha value is -3.32. The second-order valence-electron chi connectivity index (χ2n) is 6.84. The van der Waals surface area contributed by atoms with Crippen molar-refractivity contribution in [1.82, 2.24) is 4.98 Å². The fourth-order valence-corrected chi connectivity index (χ4v) is 4.97. The van der Waals surface area contributed by atoms with E-state index in [1.807, 2.05) is 0 Å². The average Bonchev–Trinajstić information content (AvgIpc) is 3.37. The predicted octanol–water partition coefficient (Wildman–Crippen LogP) is 4.03. The van der Waals surface area contributed by atoms with Crippen molar-refractivity contribution in [2.75, 3.05) is 16.2 Å². The number of sulfonamides is 1. The molecule has 13 heteroatoms. The molecule has 8 nitrogen and oxygen atoms in total. The molecule has 0 aliphatic carbocycles. The van der Waals surface area contributed by atoms with Gasteiger partial charge >= 0.3 is 6.36 Å². The zero-order valence-corrected chi connectivity index (χ0v) is 18.3. The quantitative estimate of drug-likeness (QED) is 0.527. The topological polar surface area (TPSA) is 97.8 Å². The number of rotatable bonds is 7. The highest BCUT2D eigenvalue weighted by molar-refractivity contribution is 7.93. The highest BCUT2D eigenvalue weighted by Gasteiger charge is 2.35. The molecule has 1 aliphatic rings. The van der Waals surface area contributed by atoms with Crippen molar-refractivity contribution in [2.24, 2.45) is 0 Å². The summed E-state index contributed by atoms with van der Waals surface area (Å²) < 4.78 is 73.9. The summed E-state index contributed by atoms with van der Waals surface area (Å²) in [5.74, 6) is -0.786. The Kier molecular flexibility index (Phi) is 6.17. The number of anilines is 2. The summed E-state index contributed by atoms with van der Waals surface area (Å²) in [5.41, 5.74) is 0.466. The fourth-order valence-electron chi connectivity index (χ4n) is 3.18. The number of nitrogens with zero attached hydrogens (tertiary/aromatic N) is 2. The van der Waals surface area contributed by atoms with Crippen LogP contribution in [0, 0.1) is 0 Å². The summed E-state index contributed by atoms with van der Waals surface area (Å²) in [6, 6.07) is 10.7. The minimum absolute atomic E-state index is 0.00220. The zero-order valence-electron chi connectivity index (χ0n) is 16.7. The number of benzene rings is 2. The van der Waals surface area contributed by atoms with Crippen molar-refractivity contribution in [3.05, 3.63) is 60.1 Å². The van der Waals surface area contributed by atoms with Crippen LogP contribution in [0.5, 0.6) is 11.5 Å². The Bertz CT molecular complexity index is 1230. The van der Waals surface area contributed by atoms with E-state index in [0.29, 0.717) is 18.7 Å². The van der Waals surface area contributed by atoms with Crippen LogP contribution in [0.4, 0.5) is 24.0 Å². The summed E-state index contributed by atoms with van der Waals surface area (Å²) in [7, 11) is -3.83. The summed E-state index contributed by atoms with van der Waals surface area (Å²) in [6.07, 6.45) is -3.97. The second-order valence-corrected chi connectivity index (χ2v) is 9.42. The molecule has 0 radical (unpaired) electrons. The van der Waals surface area contributed by atoms with Crippen LogP contribution in [-0.4, -0.2) is 38.3 Å². The van der Waals surface area contributed by atoms with Gasteiger partial charge in [0, 0.05) is 36.3 Å². The Labute approximate surface area is 190 Å². The minimum atomic E-state index is -4.84. The van der Waals surface area contributed by atoms with Crippen molar-refractivity contribution in [1.29, 1.82) is 0 Å². The molecule has 4 rings (SSSR count). The third kappa shape index (κ3) is 5.54. The maximum absolute atomic E-state index is 12.8. The Morgan fingerprint density at radius 2 is 1.85 bits per heavy atom. The summed E-state index contributed by atoms with van der Waals surface area (Å²) in [6.45, 7) is 0.297. The number of alkyl halides is 3. The molecule has 1 aliphatic heterocycles. The summed E-state index contributed by atoms with van der Waals surface area (Å²) in [4.78, 5) is 18.1. The molecule has 1 amide bonds. The Balaban J connectivity index is 1.42. The molecule has 2 aromatic carbocycles. The van der Waals surface area contributed by atoms with Gasteiger partial charge in [0.15, 0.2) is 11.2 Å². The SMILES string of the molecule is O=C1C(Oc2cccc(OC(F)(F)F)c2)CCN1c1ccc(S(=O)(=O)Nc2nccs2)cc1. The first-order valence-electron chi connectivity index (χ1n) is 9.47. The first-order valence-corrected chi connectivity index (χ1v) is 11.8. The molecule has 33 heavy (non-hydrogen) atoms. The summed E-state index contributed by atoms with van der Waals surface area (Å²) in [5, 5.41) is 1.87. The van der Waals surface area contributed by atoms with Gasteiger partial charge in [-0.2, -0.15) is 0 Å². The van der Waals surface area contributed by atoms with E-state index in [9.17, 15) is 26.4 Å². The molecular weight excluding hydrogens is 483 g/mol. The van der Waals surface area contributed by atoms with E-state index in [1.54, 1.807) is 5.38 Å². The molecule has 1 atom stereocenters. The predicted molar refractivity (Wildman–Crippen MR) is 114 cm³/mol. The second kappa shape index (κ2) is 8.90. The molecule has 3 aromatic rings. The molecule has 2 heterocycles. The van der Waals surface area contributed by atoms with Crippen LogP contribution >= 0.6 is 11.3 Å². The number of carbonyl (C=O) groups is 1. The smallest absolute Gasteiger partial charge is 0.480 e. The van der Waals surface area contributed by atoms with E-state index in [-0.39, 0.29) is 15.8 Å². The molecule has 1 saturated heterocycles. The normalized spacial score (nSPS) is 16.6. The van der Waals surface area contributed by atoms with Crippen molar-refractivity contribution in [3.8, 4) is 11.5 Å². The van der Waals surface area contributed by atoms with Crippen LogP contribution < -0.4 is 19.1 Å². The van der Waals surface area contributed by atoms with E-state index >= 15 is 0 Å². The average molecular weight is 499 g/mol. The Morgan fingerprint density at radius 3 is 2.52 bits per heavy atom. The highest BCUT2D eigenvalue weighted by Crippen LogP contribution is 2.30. The third-order valence-electron chi connectivity index (χ3n) is 4.59. The lowest BCUT2D eigenvalue weighted by Crippen LogP contribution is -2.32. The largest absolute Gasteiger partial charge is 0.573 e. The first-order chi connectivity index (χ1) is 15.6. The van der Waals surface area contributed by atoms with Crippen LogP contribution in [0.3, 0.4) is 0 Å². The number of hydrogen-bond acceptors (Lipinski definition) is 7. The monoisotopic (exact) mass is 499 g/mol. The van der Waals surface area contributed by atoms with E-state index in [2.05, 4.69) is 14.4 Å². The van der Waals surface area contributed by atoms with Crippen molar-refractivity contribution < 1.29 is 35.9 Å². The number of amides is 1. The zero-order chi connectivity index (χ0) is 23.6. The van der Waals surface area contributed by atoms with Crippen LogP contribution in [0.25, 0.3) is 0 Å². The number of aromatic nitrogens is 1. The van der Waals surface area contributed by atoms with E-state index in [0.717, 1.165) is 23.5 Å².